The summed E-state index contributed by atoms with van der Waals surface area (Å²) in [5.41, 5.74) is 6.30. The Morgan fingerprint density at radius 1 is 1.09 bits per heavy atom. The van der Waals surface area contributed by atoms with Crippen LogP contribution < -0.4 is 26.6 Å². The van der Waals surface area contributed by atoms with Gasteiger partial charge in [0.2, 0.25) is 0 Å². The molecule has 0 unspecified atom stereocenters. The Balaban J connectivity index is 1.72. The van der Waals surface area contributed by atoms with Gasteiger partial charge in [-0.25, -0.2) is 4.79 Å². The number of aromatic amines is 1. The zero-order valence-corrected chi connectivity index (χ0v) is 18.4. The molecule has 2 heterocycles. The van der Waals surface area contributed by atoms with Gasteiger partial charge in [0.05, 0.1) is 13.1 Å². The fourth-order valence-electron chi connectivity index (χ4n) is 3.44. The van der Waals surface area contributed by atoms with E-state index in [4.69, 9.17) is 15.0 Å². The maximum absolute atomic E-state index is 13.2. The summed E-state index contributed by atoms with van der Waals surface area (Å²) in [4.78, 5) is 42.1. The summed E-state index contributed by atoms with van der Waals surface area (Å²) in [5.74, 6) is -0.00973. The van der Waals surface area contributed by atoms with Gasteiger partial charge in [-0.05, 0) is 23.2 Å². The number of aryl methyl sites for hydroxylation is 1. The second kappa shape index (κ2) is 9.90. The third-order valence-electron chi connectivity index (χ3n) is 5.10. The Kier molecular flexibility index (Phi) is 6.58. The molecule has 2 aromatic carbocycles. The topological polar surface area (TPSA) is 136 Å². The van der Waals surface area contributed by atoms with Crippen molar-refractivity contribution in [3.05, 3.63) is 104 Å². The SMILES string of the molecule is Cc1cc(OCC(=O)N(Cc2ccccc2)c2c(N)n(Cc3ccccc3)c(=O)[nH]c2=O)no1. The van der Waals surface area contributed by atoms with Gasteiger partial charge in [0.25, 0.3) is 17.3 Å². The minimum atomic E-state index is -0.770. The number of benzene rings is 2. The van der Waals surface area contributed by atoms with Crippen LogP contribution in [0.15, 0.2) is 80.8 Å². The van der Waals surface area contributed by atoms with Crippen LogP contribution in [-0.4, -0.2) is 27.2 Å². The Morgan fingerprint density at radius 2 is 1.74 bits per heavy atom. The fraction of sp³-hybridized carbons (Fsp3) is 0.167. The quantitative estimate of drug-likeness (QED) is 0.410. The van der Waals surface area contributed by atoms with E-state index in [1.807, 2.05) is 60.7 Å². The van der Waals surface area contributed by atoms with Gasteiger partial charge in [-0.1, -0.05) is 60.7 Å². The summed E-state index contributed by atoms with van der Waals surface area (Å²) < 4.78 is 11.6. The predicted molar refractivity (Wildman–Crippen MR) is 126 cm³/mol. The monoisotopic (exact) mass is 461 g/mol. The summed E-state index contributed by atoms with van der Waals surface area (Å²) in [7, 11) is 0. The number of nitrogens with two attached hydrogens (primary N) is 1. The van der Waals surface area contributed by atoms with E-state index in [1.165, 1.54) is 15.5 Å². The molecule has 0 aliphatic carbocycles. The van der Waals surface area contributed by atoms with Crippen LogP contribution in [0, 0.1) is 6.92 Å². The van der Waals surface area contributed by atoms with Gasteiger partial charge in [0, 0.05) is 6.07 Å². The minimum absolute atomic E-state index is 0.0394. The lowest BCUT2D eigenvalue weighted by atomic mass is 10.2. The molecule has 0 aliphatic heterocycles. The Labute approximate surface area is 194 Å². The maximum Gasteiger partial charge on any atom is 0.330 e. The van der Waals surface area contributed by atoms with E-state index in [2.05, 4.69) is 10.1 Å². The van der Waals surface area contributed by atoms with Crippen LogP contribution in [0.5, 0.6) is 5.88 Å². The Bertz CT molecular complexity index is 1390. The first-order valence-corrected chi connectivity index (χ1v) is 10.5. The second-order valence-electron chi connectivity index (χ2n) is 7.59. The van der Waals surface area contributed by atoms with Gasteiger partial charge < -0.3 is 15.0 Å². The van der Waals surface area contributed by atoms with E-state index in [0.29, 0.717) is 5.76 Å². The van der Waals surface area contributed by atoms with Crippen molar-refractivity contribution in [1.29, 1.82) is 0 Å². The van der Waals surface area contributed by atoms with Crippen molar-refractivity contribution in [3.8, 4) is 5.88 Å². The van der Waals surface area contributed by atoms with Crippen LogP contribution in [-0.2, 0) is 17.9 Å². The smallest absolute Gasteiger partial charge is 0.330 e. The molecule has 0 spiro atoms. The third kappa shape index (κ3) is 5.07. The summed E-state index contributed by atoms with van der Waals surface area (Å²) in [6.45, 7) is 1.43. The number of rotatable bonds is 8. The molecule has 3 N–H and O–H groups in total. The maximum atomic E-state index is 13.2. The molecule has 10 heteroatoms. The summed E-state index contributed by atoms with van der Waals surface area (Å²) in [6.07, 6.45) is 0. The molecule has 0 radical (unpaired) electrons. The molecule has 2 aromatic heterocycles. The van der Waals surface area contributed by atoms with E-state index >= 15 is 0 Å². The number of nitrogens with one attached hydrogen (secondary N) is 1. The third-order valence-corrected chi connectivity index (χ3v) is 5.10. The molecule has 4 aromatic rings. The molecule has 174 valence electrons. The molecule has 34 heavy (non-hydrogen) atoms. The van der Waals surface area contributed by atoms with Crippen molar-refractivity contribution >= 4 is 17.4 Å². The van der Waals surface area contributed by atoms with E-state index in [1.54, 1.807) is 6.92 Å². The zero-order valence-electron chi connectivity index (χ0n) is 18.4. The summed E-state index contributed by atoms with van der Waals surface area (Å²) in [5, 5.41) is 3.71. The highest BCUT2D eigenvalue weighted by molar-refractivity contribution is 5.96. The van der Waals surface area contributed by atoms with Crippen LogP contribution in [0.25, 0.3) is 0 Å². The van der Waals surface area contributed by atoms with Crippen molar-refractivity contribution in [2.75, 3.05) is 17.2 Å². The van der Waals surface area contributed by atoms with Gasteiger partial charge in [-0.15, -0.1) is 0 Å². The van der Waals surface area contributed by atoms with E-state index in [-0.39, 0.29) is 30.5 Å². The number of carbonyl (C=O) groups excluding carboxylic acids is 1. The highest BCUT2D eigenvalue weighted by Crippen LogP contribution is 2.21. The number of carbonyl (C=O) groups is 1. The molecule has 0 saturated carbocycles. The molecule has 0 aliphatic rings. The molecule has 1 amide bonds. The van der Waals surface area contributed by atoms with Crippen LogP contribution in [0.2, 0.25) is 0 Å². The number of nitrogen functional groups attached to an aromatic ring is 1. The van der Waals surface area contributed by atoms with Gasteiger partial charge in [-0.3, -0.25) is 24.0 Å². The fourth-order valence-corrected chi connectivity index (χ4v) is 3.44. The average molecular weight is 461 g/mol. The summed E-state index contributed by atoms with van der Waals surface area (Å²) >= 11 is 0. The van der Waals surface area contributed by atoms with Gasteiger partial charge in [0.1, 0.15) is 11.6 Å². The Hall–Kier alpha value is -4.60. The average Bonchev–Trinajstić information content (AvgIpc) is 3.26. The number of amides is 1. The first-order valence-electron chi connectivity index (χ1n) is 10.5. The molecule has 0 atom stereocenters. The van der Waals surface area contributed by atoms with Crippen molar-refractivity contribution in [3.63, 3.8) is 0 Å². The van der Waals surface area contributed by atoms with Gasteiger partial charge in [-0.2, -0.15) is 0 Å². The van der Waals surface area contributed by atoms with Gasteiger partial charge >= 0.3 is 5.69 Å². The lowest BCUT2D eigenvalue weighted by Crippen LogP contribution is -2.42. The number of hydrogen-bond donors (Lipinski definition) is 2. The summed E-state index contributed by atoms with van der Waals surface area (Å²) in [6, 6.07) is 19.8. The first-order chi connectivity index (χ1) is 16.4. The normalized spacial score (nSPS) is 10.7. The predicted octanol–water partition coefficient (Wildman–Crippen LogP) is 2.08. The largest absolute Gasteiger partial charge is 0.465 e. The first kappa shape index (κ1) is 22.6. The van der Waals surface area contributed by atoms with Crippen molar-refractivity contribution in [2.24, 2.45) is 0 Å². The van der Waals surface area contributed by atoms with Crippen LogP contribution in [0.1, 0.15) is 16.9 Å². The molecular weight excluding hydrogens is 438 g/mol. The van der Waals surface area contributed by atoms with Crippen LogP contribution in [0.3, 0.4) is 0 Å². The zero-order chi connectivity index (χ0) is 24.1. The lowest BCUT2D eigenvalue weighted by Gasteiger charge is -2.24. The second-order valence-corrected chi connectivity index (χ2v) is 7.59. The van der Waals surface area contributed by atoms with E-state index in [0.717, 1.165) is 11.1 Å². The highest BCUT2D eigenvalue weighted by atomic mass is 16.5. The van der Waals surface area contributed by atoms with Gasteiger partial charge in [0.15, 0.2) is 12.3 Å². The van der Waals surface area contributed by atoms with E-state index < -0.39 is 23.8 Å². The number of nitrogens with zero attached hydrogens (tertiary/aromatic N) is 3. The lowest BCUT2D eigenvalue weighted by molar-refractivity contribution is -0.120. The van der Waals surface area contributed by atoms with E-state index in [9.17, 15) is 14.4 Å². The number of aromatic nitrogens is 3. The molecule has 4 rings (SSSR count). The molecule has 10 nitrogen and oxygen atoms in total. The number of anilines is 2. The molecule has 0 fully saturated rings. The number of H-pyrrole nitrogens is 1. The highest BCUT2D eigenvalue weighted by Gasteiger charge is 2.25. The van der Waals surface area contributed by atoms with Crippen LogP contribution >= 0.6 is 0 Å². The Morgan fingerprint density at radius 3 is 2.35 bits per heavy atom. The molecular formula is C24H23N5O5. The number of ether oxygens (including phenoxy) is 1. The standard InChI is InChI=1S/C24H23N5O5/c1-16-12-19(27-34-16)33-15-20(30)28(13-17-8-4-2-5-9-17)21-22(25)29(24(32)26-23(21)31)14-18-10-6-3-7-11-18/h2-12H,13-15,25H2,1H3,(H,26,31,32). The molecule has 0 bridgehead atoms. The van der Waals surface area contributed by atoms with Crippen molar-refractivity contribution in [2.45, 2.75) is 20.0 Å². The van der Waals surface area contributed by atoms with Crippen molar-refractivity contribution in [1.82, 2.24) is 14.7 Å². The van der Waals surface area contributed by atoms with Crippen molar-refractivity contribution < 1.29 is 14.1 Å². The minimum Gasteiger partial charge on any atom is -0.465 e. The number of hydrogen-bond acceptors (Lipinski definition) is 7. The molecule has 0 saturated heterocycles. The van der Waals surface area contributed by atoms with Crippen LogP contribution in [0.4, 0.5) is 11.5 Å².